The van der Waals surface area contributed by atoms with E-state index in [2.05, 4.69) is 26.0 Å². The van der Waals surface area contributed by atoms with E-state index in [1.54, 1.807) is 14.2 Å². The zero-order valence-electron chi connectivity index (χ0n) is 13.6. The van der Waals surface area contributed by atoms with Crippen molar-refractivity contribution in [3.63, 3.8) is 0 Å². The monoisotopic (exact) mass is 302 g/mol. The number of carbonyl (C=O) groups excluding carboxylic acids is 1. The first-order valence-corrected chi connectivity index (χ1v) is 7.84. The Bertz CT molecular complexity index is 656. The molecule has 4 heteroatoms. The second-order valence-corrected chi connectivity index (χ2v) is 7.29. The molecule has 4 rings (SSSR count). The number of ether oxygens (including phenoxy) is 3. The Kier molecular flexibility index (Phi) is 2.80. The smallest absolute Gasteiger partial charge is 0.342 e. The van der Waals surface area contributed by atoms with Gasteiger partial charge < -0.3 is 14.2 Å². The van der Waals surface area contributed by atoms with Crippen LogP contribution < -0.4 is 0 Å². The highest BCUT2D eigenvalue weighted by atomic mass is 16.5. The molecule has 0 N–H and O–H groups in total. The number of allylic oxidation sites excluding steroid dienone is 4. The highest BCUT2D eigenvalue weighted by Gasteiger charge is 2.67. The van der Waals surface area contributed by atoms with Gasteiger partial charge in [0, 0.05) is 31.1 Å². The van der Waals surface area contributed by atoms with Crippen molar-refractivity contribution in [1.82, 2.24) is 0 Å². The van der Waals surface area contributed by atoms with E-state index < -0.39 is 0 Å². The Hall–Kier alpha value is -1.39. The van der Waals surface area contributed by atoms with Crippen molar-refractivity contribution in [3.8, 4) is 0 Å². The first-order chi connectivity index (χ1) is 10.5. The molecule has 0 aromatic carbocycles. The van der Waals surface area contributed by atoms with Crippen molar-refractivity contribution >= 4 is 5.97 Å². The summed E-state index contributed by atoms with van der Waals surface area (Å²) >= 11 is 0. The van der Waals surface area contributed by atoms with Gasteiger partial charge >= 0.3 is 5.97 Å². The van der Waals surface area contributed by atoms with Gasteiger partial charge in [-0.05, 0) is 23.8 Å². The van der Waals surface area contributed by atoms with Crippen LogP contribution in [0.15, 0.2) is 34.6 Å². The summed E-state index contributed by atoms with van der Waals surface area (Å²) in [6.45, 7) is 5.68. The van der Waals surface area contributed by atoms with E-state index in [0.717, 1.165) is 24.4 Å². The first-order valence-electron chi connectivity index (χ1n) is 7.84. The van der Waals surface area contributed by atoms with Crippen LogP contribution in [0.25, 0.3) is 0 Å². The van der Waals surface area contributed by atoms with Gasteiger partial charge in [0.05, 0.1) is 18.8 Å². The van der Waals surface area contributed by atoms with Crippen LogP contribution >= 0.6 is 0 Å². The molecule has 0 aromatic heterocycles. The topological polar surface area (TPSA) is 44.8 Å². The lowest BCUT2D eigenvalue weighted by atomic mass is 9.57. The number of hydrogen-bond acceptors (Lipinski definition) is 4. The predicted molar refractivity (Wildman–Crippen MR) is 80.8 cm³/mol. The summed E-state index contributed by atoms with van der Waals surface area (Å²) < 4.78 is 16.2. The zero-order chi connectivity index (χ0) is 15.7. The van der Waals surface area contributed by atoms with E-state index in [1.807, 2.05) is 0 Å². The predicted octanol–water partition coefficient (Wildman–Crippen LogP) is 2.62. The summed E-state index contributed by atoms with van der Waals surface area (Å²) in [4.78, 5) is 12.1. The van der Waals surface area contributed by atoms with Gasteiger partial charge in [-0.25, -0.2) is 4.79 Å². The molecule has 1 aliphatic heterocycles. The number of carbonyl (C=O) groups is 1. The number of hydrogen-bond donors (Lipinski definition) is 0. The van der Waals surface area contributed by atoms with Gasteiger partial charge in [0.25, 0.3) is 0 Å². The number of rotatable bonds is 4. The third-order valence-corrected chi connectivity index (χ3v) is 6.36. The second kappa shape index (κ2) is 4.33. The van der Waals surface area contributed by atoms with Crippen molar-refractivity contribution in [1.29, 1.82) is 0 Å². The van der Waals surface area contributed by atoms with E-state index in [1.165, 1.54) is 5.57 Å². The minimum atomic E-state index is -0.250. The Morgan fingerprint density at radius 2 is 2.09 bits per heavy atom. The largest absolute Gasteiger partial charge is 0.423 e. The molecule has 3 aliphatic carbocycles. The lowest BCUT2D eigenvalue weighted by Gasteiger charge is -2.47. The Morgan fingerprint density at radius 1 is 1.32 bits per heavy atom. The van der Waals surface area contributed by atoms with Crippen molar-refractivity contribution in [2.45, 2.75) is 20.3 Å². The third kappa shape index (κ3) is 1.52. The summed E-state index contributed by atoms with van der Waals surface area (Å²) in [6, 6.07) is 0. The summed E-state index contributed by atoms with van der Waals surface area (Å²) in [7, 11) is 3.38. The van der Waals surface area contributed by atoms with Crippen molar-refractivity contribution in [2.24, 2.45) is 22.7 Å². The number of fused-ring (bicyclic) bond motifs is 4. The molecule has 118 valence electrons. The van der Waals surface area contributed by atoms with Crippen LogP contribution in [-0.2, 0) is 19.0 Å². The fraction of sp³-hybridized carbons (Fsp3) is 0.611. The van der Waals surface area contributed by atoms with Crippen LogP contribution in [0.5, 0.6) is 0 Å². The number of esters is 1. The normalized spacial score (nSPS) is 41.5. The van der Waals surface area contributed by atoms with Crippen LogP contribution in [0.3, 0.4) is 0 Å². The van der Waals surface area contributed by atoms with Gasteiger partial charge in [-0.15, -0.1) is 0 Å². The van der Waals surface area contributed by atoms with Crippen LogP contribution in [0.4, 0.5) is 0 Å². The van der Waals surface area contributed by atoms with E-state index in [0.29, 0.717) is 24.0 Å². The van der Waals surface area contributed by atoms with Crippen LogP contribution in [0.2, 0.25) is 0 Å². The maximum atomic E-state index is 12.1. The molecule has 0 radical (unpaired) electrons. The molecule has 1 fully saturated rings. The third-order valence-electron chi connectivity index (χ3n) is 6.36. The summed E-state index contributed by atoms with van der Waals surface area (Å²) in [6.07, 6.45) is 5.37. The fourth-order valence-corrected chi connectivity index (χ4v) is 4.86. The lowest BCUT2D eigenvalue weighted by Crippen LogP contribution is -2.42. The molecule has 4 aliphatic rings. The average Bonchev–Trinajstić information content (AvgIpc) is 3.17. The Morgan fingerprint density at radius 3 is 2.77 bits per heavy atom. The molecular formula is C18H22O4. The Labute approximate surface area is 130 Å². The van der Waals surface area contributed by atoms with Crippen LogP contribution in [0, 0.1) is 22.7 Å². The van der Waals surface area contributed by atoms with Gasteiger partial charge in [-0.2, -0.15) is 0 Å². The van der Waals surface area contributed by atoms with Crippen molar-refractivity contribution in [2.75, 3.05) is 27.4 Å². The van der Waals surface area contributed by atoms with E-state index in [4.69, 9.17) is 14.2 Å². The molecule has 4 atom stereocenters. The van der Waals surface area contributed by atoms with E-state index in [-0.39, 0.29) is 16.8 Å². The molecule has 0 amide bonds. The highest BCUT2D eigenvalue weighted by Crippen LogP contribution is 2.73. The van der Waals surface area contributed by atoms with Crippen LogP contribution in [-0.4, -0.2) is 33.4 Å². The first kappa shape index (κ1) is 14.2. The molecule has 0 saturated heterocycles. The van der Waals surface area contributed by atoms with E-state index in [9.17, 15) is 4.79 Å². The maximum absolute atomic E-state index is 12.1. The van der Waals surface area contributed by atoms with Gasteiger partial charge in [-0.3, -0.25) is 0 Å². The summed E-state index contributed by atoms with van der Waals surface area (Å²) in [5.41, 5.74) is 3.23. The molecular weight excluding hydrogens is 280 g/mol. The summed E-state index contributed by atoms with van der Waals surface area (Å²) in [5, 5.41) is 0. The lowest BCUT2D eigenvalue weighted by molar-refractivity contribution is -0.133. The number of methoxy groups -OCH3 is 2. The quantitative estimate of drug-likeness (QED) is 0.591. The molecule has 22 heavy (non-hydrogen) atoms. The van der Waals surface area contributed by atoms with Crippen LogP contribution in [0.1, 0.15) is 20.3 Å². The van der Waals surface area contributed by atoms with E-state index >= 15 is 0 Å². The Balaban J connectivity index is 1.82. The zero-order valence-corrected chi connectivity index (χ0v) is 13.6. The maximum Gasteiger partial charge on any atom is 0.342 e. The molecule has 4 nitrogen and oxygen atoms in total. The van der Waals surface area contributed by atoms with Crippen molar-refractivity contribution < 1.29 is 19.0 Å². The van der Waals surface area contributed by atoms with Gasteiger partial charge in [0.1, 0.15) is 5.76 Å². The molecule has 1 saturated carbocycles. The van der Waals surface area contributed by atoms with Gasteiger partial charge in [-0.1, -0.05) is 25.5 Å². The molecule has 0 bridgehead atoms. The van der Waals surface area contributed by atoms with Crippen molar-refractivity contribution in [3.05, 3.63) is 34.6 Å². The molecule has 0 spiro atoms. The molecule has 0 unspecified atom stereocenters. The highest BCUT2D eigenvalue weighted by molar-refractivity contribution is 5.95. The SMILES string of the molecule is COCC1=C2C[C@@]3(C)[C@H](COC)[C@H]4C=C4[C@]3(C)C=C2OC1=O. The van der Waals surface area contributed by atoms with Gasteiger partial charge in [0.15, 0.2) is 0 Å². The minimum Gasteiger partial charge on any atom is -0.423 e. The van der Waals surface area contributed by atoms with Gasteiger partial charge in [0.2, 0.25) is 0 Å². The standard InChI is InChI=1S/C18H22O4/c1-17-6-11-12(8-20-3)16(19)22-15(11)7-18(17,2)13-5-10(13)14(17)9-21-4/h5,7,10,14H,6,8-9H2,1-4H3/t10-,14+,17-,18-/m0/s1. The molecule has 0 aromatic rings. The fourth-order valence-electron chi connectivity index (χ4n) is 4.86. The average molecular weight is 302 g/mol. The summed E-state index contributed by atoms with van der Waals surface area (Å²) in [5.74, 6) is 1.51. The molecule has 1 heterocycles. The minimum absolute atomic E-state index is 0.0392. The second-order valence-electron chi connectivity index (χ2n) is 7.29.